The Morgan fingerprint density at radius 2 is 0.734 bits per heavy atom. The van der Waals surface area contributed by atoms with Crippen LogP contribution in [0.5, 0.6) is 0 Å². The molecule has 5 atom stereocenters. The summed E-state index contributed by atoms with van der Waals surface area (Å²) >= 11 is 3.49. The third kappa shape index (κ3) is 19.0. The lowest BCUT2D eigenvalue weighted by Crippen LogP contribution is -2.50. The Bertz CT molecular complexity index is 1630. The maximum absolute atomic E-state index is 14.7. The number of carbonyl (C=O) groups excluding carboxylic acids is 6. The smallest absolute Gasteiger partial charge is 0.322 e. The molecule has 0 fully saturated rings. The van der Waals surface area contributed by atoms with Crippen LogP contribution in [0.15, 0.2) is 30.3 Å². The van der Waals surface area contributed by atoms with Crippen molar-refractivity contribution in [3.05, 3.63) is 35.9 Å². The third-order valence-electron chi connectivity index (χ3n) is 10.8. The van der Waals surface area contributed by atoms with E-state index in [-0.39, 0.29) is 111 Å². The zero-order valence-corrected chi connectivity index (χ0v) is 41.7. The van der Waals surface area contributed by atoms with Gasteiger partial charge in [0.05, 0.1) is 54.7 Å². The van der Waals surface area contributed by atoms with Gasteiger partial charge in [-0.1, -0.05) is 60.1 Å². The highest BCUT2D eigenvalue weighted by atomic mass is 79.9. The van der Waals surface area contributed by atoms with Crippen molar-refractivity contribution in [3.63, 3.8) is 0 Å². The lowest BCUT2D eigenvalue weighted by molar-refractivity contribution is -0.175. The molecular formula is C46H74BrNO16. The Labute approximate surface area is 388 Å². The van der Waals surface area contributed by atoms with E-state index in [4.69, 9.17) is 47.4 Å². The lowest BCUT2D eigenvalue weighted by atomic mass is 9.59. The molecule has 0 aliphatic carbocycles. The largest absolute Gasteiger partial charge is 0.463 e. The molecule has 0 radical (unpaired) electrons. The van der Waals surface area contributed by atoms with Crippen LogP contribution in [-0.2, 0) is 82.7 Å². The van der Waals surface area contributed by atoms with Gasteiger partial charge in [-0.3, -0.25) is 28.8 Å². The first-order valence-electron chi connectivity index (χ1n) is 21.3. The molecule has 0 heterocycles. The van der Waals surface area contributed by atoms with Crippen molar-refractivity contribution in [2.24, 2.45) is 27.1 Å². The average Bonchev–Trinajstić information content (AvgIpc) is 3.22. The normalized spacial score (nSPS) is 16.3. The fraction of sp³-hybridized carbons (Fsp3) is 0.739. The van der Waals surface area contributed by atoms with Gasteiger partial charge < -0.3 is 52.7 Å². The second kappa shape index (κ2) is 27.7. The van der Waals surface area contributed by atoms with Crippen LogP contribution in [0.1, 0.15) is 86.1 Å². The molecule has 1 aromatic rings. The van der Waals surface area contributed by atoms with Gasteiger partial charge in [0.2, 0.25) is 5.91 Å². The number of methoxy groups -OCH3 is 5. The van der Waals surface area contributed by atoms with Crippen LogP contribution >= 0.6 is 15.9 Å². The summed E-state index contributed by atoms with van der Waals surface area (Å²) in [4.78, 5) is 85.3. The summed E-state index contributed by atoms with van der Waals surface area (Å²) in [5.74, 6) is -4.14. The van der Waals surface area contributed by atoms with E-state index >= 15 is 0 Å². The minimum absolute atomic E-state index is 0.0358. The van der Waals surface area contributed by atoms with Crippen molar-refractivity contribution in [2.75, 3.05) is 102 Å². The van der Waals surface area contributed by atoms with Crippen LogP contribution < -0.4 is 5.32 Å². The third-order valence-corrected chi connectivity index (χ3v) is 11.4. The number of rotatable bonds is 33. The molecule has 1 N–H and O–H groups in total. The van der Waals surface area contributed by atoms with E-state index in [1.54, 1.807) is 41.5 Å². The molecule has 64 heavy (non-hydrogen) atoms. The maximum Gasteiger partial charge on any atom is 0.322 e. The summed E-state index contributed by atoms with van der Waals surface area (Å²) in [6.07, 6.45) is -1.36. The quantitative estimate of drug-likeness (QED) is 0.0405. The van der Waals surface area contributed by atoms with Gasteiger partial charge in [0, 0.05) is 47.5 Å². The van der Waals surface area contributed by atoms with Gasteiger partial charge in [-0.15, -0.1) is 0 Å². The summed E-state index contributed by atoms with van der Waals surface area (Å²) in [7, 11) is 7.23. The Morgan fingerprint density at radius 1 is 0.438 bits per heavy atom. The van der Waals surface area contributed by atoms with Crippen molar-refractivity contribution >= 4 is 51.7 Å². The number of amides is 1. The monoisotopic (exact) mass is 975 g/mol. The zero-order valence-electron chi connectivity index (χ0n) is 40.1. The zero-order chi connectivity index (χ0) is 48.7. The molecule has 0 aromatic heterocycles. The number of halogens is 1. The van der Waals surface area contributed by atoms with Crippen LogP contribution in [0.3, 0.4) is 0 Å². The number of hydrogen-bond acceptors (Lipinski definition) is 16. The number of hydrogen-bond donors (Lipinski definition) is 1. The molecule has 1 rings (SSSR count). The molecule has 0 bridgehead atoms. The summed E-state index contributed by atoms with van der Waals surface area (Å²) < 4.78 is 52.5. The van der Waals surface area contributed by atoms with E-state index in [1.807, 2.05) is 30.3 Å². The Kier molecular flexibility index (Phi) is 25.3. The Balaban J connectivity index is 4.06. The molecule has 17 nitrogen and oxygen atoms in total. The molecule has 18 heteroatoms. The molecular weight excluding hydrogens is 902 g/mol. The summed E-state index contributed by atoms with van der Waals surface area (Å²) in [5, 5.41) is 2.96. The van der Waals surface area contributed by atoms with Gasteiger partial charge in [0.1, 0.15) is 37.4 Å². The second-order valence-electron chi connectivity index (χ2n) is 18.0. The number of carbonyl (C=O) groups is 6. The summed E-state index contributed by atoms with van der Waals surface area (Å²) in [6.45, 7) is 11.1. The fourth-order valence-electron chi connectivity index (χ4n) is 8.22. The molecule has 0 aliphatic heterocycles. The molecule has 366 valence electrons. The van der Waals surface area contributed by atoms with Gasteiger partial charge in [0.25, 0.3) is 0 Å². The van der Waals surface area contributed by atoms with Crippen LogP contribution in [0.2, 0.25) is 0 Å². The SMILES string of the molecule is COCCOC(=O)C(C)(Br)CC(C)(CC(C)(CC(C)(CC(C)(CC(C)(C)C(=O)NCc1ccccc1)C(=O)OCCOC)C(=O)OCCOC)C(=O)OCCOC)C(=O)OCCOC. The van der Waals surface area contributed by atoms with E-state index in [1.165, 1.54) is 42.5 Å². The number of alkyl halides is 1. The number of nitrogens with one attached hydrogen (secondary N) is 1. The van der Waals surface area contributed by atoms with Crippen LogP contribution in [0.4, 0.5) is 0 Å². The van der Waals surface area contributed by atoms with Crippen molar-refractivity contribution in [1.29, 1.82) is 0 Å². The summed E-state index contributed by atoms with van der Waals surface area (Å²) in [5.41, 5.74) is -7.05. The molecule has 0 spiro atoms. The maximum atomic E-state index is 14.7. The second-order valence-corrected chi connectivity index (χ2v) is 19.8. The van der Waals surface area contributed by atoms with Gasteiger partial charge >= 0.3 is 29.8 Å². The van der Waals surface area contributed by atoms with Gasteiger partial charge in [-0.05, 0) is 72.3 Å². The predicted octanol–water partition coefficient (Wildman–Crippen LogP) is 5.41. The first-order valence-corrected chi connectivity index (χ1v) is 22.1. The van der Waals surface area contributed by atoms with Crippen molar-refractivity contribution in [3.8, 4) is 0 Å². The first-order chi connectivity index (χ1) is 29.9. The van der Waals surface area contributed by atoms with E-state index in [9.17, 15) is 28.8 Å². The molecule has 1 aromatic carbocycles. The lowest BCUT2D eigenvalue weighted by Gasteiger charge is -2.45. The highest BCUT2D eigenvalue weighted by Crippen LogP contribution is 2.53. The molecule has 5 unspecified atom stereocenters. The number of ether oxygens (including phenoxy) is 10. The van der Waals surface area contributed by atoms with Gasteiger partial charge in [0.15, 0.2) is 0 Å². The number of benzene rings is 1. The van der Waals surface area contributed by atoms with Gasteiger partial charge in [-0.25, -0.2) is 0 Å². The van der Waals surface area contributed by atoms with E-state index in [0.717, 1.165) is 5.56 Å². The fourth-order valence-corrected chi connectivity index (χ4v) is 8.96. The van der Waals surface area contributed by atoms with Crippen molar-refractivity contribution < 1.29 is 76.1 Å². The van der Waals surface area contributed by atoms with Gasteiger partial charge in [-0.2, -0.15) is 0 Å². The first kappa shape index (κ1) is 58.3. The minimum Gasteiger partial charge on any atom is -0.463 e. The average molecular weight is 977 g/mol. The summed E-state index contributed by atoms with van der Waals surface area (Å²) in [6, 6.07) is 9.33. The molecule has 0 saturated carbocycles. The Hall–Kier alpha value is -3.68. The van der Waals surface area contributed by atoms with Crippen molar-refractivity contribution in [2.45, 2.75) is 91.4 Å². The predicted molar refractivity (Wildman–Crippen MR) is 239 cm³/mol. The minimum atomic E-state index is -1.75. The van der Waals surface area contributed by atoms with E-state index < -0.39 is 61.2 Å². The standard InChI is InChI=1S/C46H74BrNO16/c1-41(2,35(49)48-28-34-16-14-13-15-17-34)29-42(3,36(50)60-23-18-55-8)30-43(4,37(51)61-24-19-56-9)31-44(5,38(52)62-25-20-57-10)32-45(6,39(53)63-26-21-58-11)33-46(7,47)40(54)64-27-22-59-12/h13-17H,18-33H2,1-12H3,(H,48,49). The highest BCUT2D eigenvalue weighted by molar-refractivity contribution is 9.10. The molecule has 0 saturated heterocycles. The van der Waals surface area contributed by atoms with Crippen LogP contribution in [0, 0.1) is 27.1 Å². The topological polar surface area (TPSA) is 207 Å². The van der Waals surface area contributed by atoms with Crippen molar-refractivity contribution in [1.82, 2.24) is 5.32 Å². The van der Waals surface area contributed by atoms with Crippen LogP contribution in [-0.4, -0.2) is 142 Å². The molecule has 1 amide bonds. The molecule has 0 aliphatic rings. The van der Waals surface area contributed by atoms with E-state index in [0.29, 0.717) is 0 Å². The Morgan fingerprint density at radius 3 is 1.06 bits per heavy atom. The number of esters is 5. The van der Waals surface area contributed by atoms with Crippen LogP contribution in [0.25, 0.3) is 0 Å². The highest BCUT2D eigenvalue weighted by Gasteiger charge is 2.57. The van der Waals surface area contributed by atoms with E-state index in [2.05, 4.69) is 21.2 Å².